The van der Waals surface area contributed by atoms with E-state index in [1.807, 2.05) is 0 Å². The van der Waals surface area contributed by atoms with Gasteiger partial charge in [-0.25, -0.2) is 0 Å². The van der Waals surface area contributed by atoms with Gasteiger partial charge in [0.2, 0.25) is 0 Å². The smallest absolute Gasteiger partial charge is 2.00 e. The summed E-state index contributed by atoms with van der Waals surface area (Å²) in [5, 5.41) is 16.3. The van der Waals surface area contributed by atoms with Crippen LogP contribution in [0.25, 0.3) is 0 Å². The Labute approximate surface area is 109 Å². The molecule has 0 heterocycles. The van der Waals surface area contributed by atoms with Gasteiger partial charge in [-0.1, -0.05) is 0 Å². The molecule has 0 aliphatic heterocycles. The van der Waals surface area contributed by atoms with E-state index in [4.69, 9.17) is 10.2 Å². The molecule has 0 saturated heterocycles. The Balaban J connectivity index is -0.0000000405. The van der Waals surface area contributed by atoms with E-state index in [9.17, 15) is 9.59 Å². The zero-order valence-corrected chi connectivity index (χ0v) is 10.2. The van der Waals surface area contributed by atoms with E-state index in [2.05, 4.69) is 0 Å². The maximum Gasteiger partial charge on any atom is 3.00 e. The fraction of sp³-hybridized carbons (Fsp3) is 0.667. The molecular formula is C6H10Al2O7. The Morgan fingerprint density at radius 3 is 1.07 bits per heavy atom. The molecule has 0 rings (SSSR count). The third kappa shape index (κ3) is 41.4. The second-order valence-electron chi connectivity index (χ2n) is 1.99. The first kappa shape index (κ1) is 36.4. The quantitative estimate of drug-likeness (QED) is 0.500. The molecule has 0 amide bonds. The Hall–Kier alpha value is -0.115. The molecule has 0 aliphatic carbocycles. The van der Waals surface area contributed by atoms with Crippen LogP contribution in [0.4, 0.5) is 0 Å². The zero-order chi connectivity index (χ0) is 7.98. The van der Waals surface area contributed by atoms with Crippen molar-refractivity contribution < 1.29 is 36.2 Å². The van der Waals surface area contributed by atoms with Crippen LogP contribution < -0.4 is 0 Å². The van der Waals surface area contributed by atoms with Crippen molar-refractivity contribution in [1.82, 2.24) is 0 Å². The molecule has 82 valence electrons. The van der Waals surface area contributed by atoms with Gasteiger partial charge in [0.05, 0.1) is 0 Å². The van der Waals surface area contributed by atoms with Crippen LogP contribution in [0.15, 0.2) is 0 Å². The number of aliphatic carboxylic acids is 2. The first-order valence-corrected chi connectivity index (χ1v) is 3.06. The van der Waals surface area contributed by atoms with Gasteiger partial charge in [-0.2, -0.15) is 0 Å². The van der Waals surface area contributed by atoms with Crippen molar-refractivity contribution in [3.05, 3.63) is 0 Å². The second kappa shape index (κ2) is 23.6. The molecule has 2 N–H and O–H groups in total. The van der Waals surface area contributed by atoms with Crippen LogP contribution in [-0.2, 0) is 26.0 Å². The third-order valence-corrected chi connectivity index (χ3v) is 1.03. The SMILES string of the molecule is O=C(O)CCCCC(=O)O.[Al+3].[Al+3].[O-2].[O-2].[O-2]. The Bertz CT molecular complexity index is 125. The molecule has 0 atom stereocenters. The first-order valence-electron chi connectivity index (χ1n) is 3.06. The molecule has 0 saturated carbocycles. The van der Waals surface area contributed by atoms with Gasteiger partial charge in [0, 0.05) is 12.8 Å². The van der Waals surface area contributed by atoms with Gasteiger partial charge in [0.25, 0.3) is 0 Å². The van der Waals surface area contributed by atoms with Crippen LogP contribution in [0.3, 0.4) is 0 Å². The Morgan fingerprint density at radius 2 is 0.933 bits per heavy atom. The third-order valence-electron chi connectivity index (χ3n) is 1.03. The van der Waals surface area contributed by atoms with Crippen LogP contribution in [0, 0.1) is 0 Å². The van der Waals surface area contributed by atoms with Crippen molar-refractivity contribution in [1.29, 1.82) is 0 Å². The Kier molecular flexibility index (Phi) is 57.2. The summed E-state index contributed by atoms with van der Waals surface area (Å²) < 4.78 is 0. The normalized spacial score (nSPS) is 6.13. The van der Waals surface area contributed by atoms with Crippen LogP contribution in [0.2, 0.25) is 0 Å². The van der Waals surface area contributed by atoms with E-state index in [0.717, 1.165) is 0 Å². The molecule has 0 aliphatic rings. The minimum Gasteiger partial charge on any atom is -2.00 e. The van der Waals surface area contributed by atoms with Crippen molar-refractivity contribution in [3.8, 4) is 0 Å². The topological polar surface area (TPSA) is 160 Å². The summed E-state index contributed by atoms with van der Waals surface area (Å²) in [6.07, 6.45) is 1.02. The van der Waals surface area contributed by atoms with Gasteiger partial charge >= 0.3 is 46.7 Å². The average Bonchev–Trinajstić information content (AvgIpc) is 1.79. The Morgan fingerprint density at radius 1 is 0.733 bits per heavy atom. The summed E-state index contributed by atoms with van der Waals surface area (Å²) in [5.41, 5.74) is 0. The van der Waals surface area contributed by atoms with E-state index in [1.165, 1.54) is 0 Å². The average molecular weight is 248 g/mol. The molecule has 0 aromatic heterocycles. The summed E-state index contributed by atoms with van der Waals surface area (Å²) >= 11 is 0. The number of carbonyl (C=O) groups is 2. The van der Waals surface area contributed by atoms with Gasteiger partial charge < -0.3 is 26.6 Å². The monoisotopic (exact) mass is 248 g/mol. The van der Waals surface area contributed by atoms with Crippen molar-refractivity contribution in [2.45, 2.75) is 25.7 Å². The van der Waals surface area contributed by atoms with Gasteiger partial charge in [0.1, 0.15) is 0 Å². The fourth-order valence-corrected chi connectivity index (χ4v) is 0.552. The van der Waals surface area contributed by atoms with Crippen molar-refractivity contribution in [2.24, 2.45) is 0 Å². The number of hydrogen-bond donors (Lipinski definition) is 2. The maximum absolute atomic E-state index is 9.90. The molecular weight excluding hydrogens is 238 g/mol. The molecule has 0 bridgehead atoms. The molecule has 0 fully saturated rings. The van der Waals surface area contributed by atoms with Crippen LogP contribution in [-0.4, -0.2) is 56.9 Å². The molecule has 7 nitrogen and oxygen atoms in total. The summed E-state index contributed by atoms with van der Waals surface area (Å²) in [7, 11) is 0. The fourth-order valence-electron chi connectivity index (χ4n) is 0.552. The van der Waals surface area contributed by atoms with Crippen molar-refractivity contribution >= 4 is 46.7 Å². The van der Waals surface area contributed by atoms with E-state index in [1.54, 1.807) is 0 Å². The standard InChI is InChI=1S/C6H10O4.2Al.3O/c7-5(8)3-1-2-4-6(9)10;;;;;/h1-4H2,(H,7,8)(H,9,10);;;;;/q;2*+3;3*-2. The number of unbranched alkanes of at least 4 members (excludes halogenated alkanes) is 1. The van der Waals surface area contributed by atoms with Crippen LogP contribution in [0.5, 0.6) is 0 Å². The number of hydrogen-bond acceptors (Lipinski definition) is 2. The molecule has 0 unspecified atom stereocenters. The minimum absolute atomic E-state index is 0. The molecule has 0 spiro atoms. The number of rotatable bonds is 5. The van der Waals surface area contributed by atoms with Crippen LogP contribution >= 0.6 is 0 Å². The summed E-state index contributed by atoms with van der Waals surface area (Å²) in [5.74, 6) is -1.74. The predicted molar refractivity (Wildman–Crippen MR) is 47.3 cm³/mol. The van der Waals surface area contributed by atoms with Crippen molar-refractivity contribution in [2.75, 3.05) is 0 Å². The summed E-state index contributed by atoms with van der Waals surface area (Å²) in [6.45, 7) is 0. The second-order valence-corrected chi connectivity index (χ2v) is 1.99. The first-order chi connectivity index (χ1) is 4.63. The zero-order valence-electron chi connectivity index (χ0n) is 7.92. The maximum atomic E-state index is 9.90. The van der Waals surface area contributed by atoms with E-state index in [-0.39, 0.29) is 64.0 Å². The summed E-state index contributed by atoms with van der Waals surface area (Å²) in [4.78, 5) is 19.8. The molecule has 15 heavy (non-hydrogen) atoms. The molecule has 9 heteroatoms. The number of carboxylic acid groups (broad SMARTS) is 2. The minimum atomic E-state index is -0.870. The van der Waals surface area contributed by atoms with E-state index >= 15 is 0 Å². The van der Waals surface area contributed by atoms with Gasteiger partial charge in [-0.05, 0) is 12.8 Å². The van der Waals surface area contributed by atoms with Gasteiger partial charge in [0.15, 0.2) is 0 Å². The molecule has 0 aromatic rings. The summed E-state index contributed by atoms with van der Waals surface area (Å²) in [6, 6.07) is 0. The van der Waals surface area contributed by atoms with E-state index < -0.39 is 11.9 Å². The molecule has 0 aromatic carbocycles. The molecule has 0 radical (unpaired) electrons. The van der Waals surface area contributed by atoms with Crippen LogP contribution in [0.1, 0.15) is 25.7 Å². The van der Waals surface area contributed by atoms with Gasteiger partial charge in [-0.15, -0.1) is 0 Å². The largest absolute Gasteiger partial charge is 3.00 e. The van der Waals surface area contributed by atoms with E-state index in [0.29, 0.717) is 12.8 Å². The number of carboxylic acids is 2. The van der Waals surface area contributed by atoms with Crippen molar-refractivity contribution in [3.63, 3.8) is 0 Å². The van der Waals surface area contributed by atoms with Gasteiger partial charge in [-0.3, -0.25) is 9.59 Å². The predicted octanol–water partition coefficient (Wildman–Crippen LogP) is -0.402.